The van der Waals surface area contributed by atoms with Crippen LogP contribution in [-0.4, -0.2) is 57.3 Å². The molecule has 0 aromatic carbocycles. The van der Waals surface area contributed by atoms with Crippen molar-refractivity contribution in [2.75, 3.05) is 25.1 Å². The van der Waals surface area contributed by atoms with Crippen molar-refractivity contribution in [3.8, 4) is 0 Å². The van der Waals surface area contributed by atoms with Crippen LogP contribution < -0.4 is 10.2 Å². The van der Waals surface area contributed by atoms with Crippen LogP contribution in [0.1, 0.15) is 30.2 Å². The lowest BCUT2D eigenvalue weighted by molar-refractivity contribution is -0.141. The third-order valence-corrected chi connectivity index (χ3v) is 6.03. The summed E-state index contributed by atoms with van der Waals surface area (Å²) in [5.41, 5.74) is 0.591. The molecule has 152 valence electrons. The third-order valence-electron chi connectivity index (χ3n) is 5.05. The fourth-order valence-electron chi connectivity index (χ4n) is 3.43. The minimum atomic E-state index is -0.364. The van der Waals surface area contributed by atoms with E-state index in [1.807, 2.05) is 29.6 Å². The Morgan fingerprint density at radius 2 is 2.14 bits per heavy atom. The van der Waals surface area contributed by atoms with Gasteiger partial charge in [0.05, 0.1) is 19.6 Å². The zero-order valence-electron chi connectivity index (χ0n) is 15.9. The van der Waals surface area contributed by atoms with Gasteiger partial charge >= 0.3 is 5.97 Å². The molecule has 1 unspecified atom stereocenters. The molecule has 1 atom stereocenters. The first kappa shape index (κ1) is 19.2. The molecular formula is C18H21N7O3S. The Morgan fingerprint density at radius 3 is 2.86 bits per heavy atom. The van der Waals surface area contributed by atoms with Crippen LogP contribution in [0, 0.1) is 5.92 Å². The number of methoxy groups -OCH3 is 1. The maximum absolute atomic E-state index is 12.8. The van der Waals surface area contributed by atoms with E-state index in [4.69, 9.17) is 4.74 Å². The van der Waals surface area contributed by atoms with Crippen LogP contribution in [0.5, 0.6) is 0 Å². The molecule has 0 radical (unpaired) electrons. The van der Waals surface area contributed by atoms with Gasteiger partial charge < -0.3 is 15.0 Å². The van der Waals surface area contributed by atoms with E-state index >= 15 is 0 Å². The summed E-state index contributed by atoms with van der Waals surface area (Å²) in [5.74, 6) is 0.298. The number of ether oxygens (including phenoxy) is 1. The lowest BCUT2D eigenvalue weighted by Gasteiger charge is -2.32. The monoisotopic (exact) mass is 415 g/mol. The Balaban J connectivity index is 1.36. The molecule has 11 heteroatoms. The molecule has 3 aromatic heterocycles. The molecule has 1 aliphatic heterocycles. The fourth-order valence-corrected chi connectivity index (χ4v) is 4.21. The number of aromatic nitrogens is 5. The van der Waals surface area contributed by atoms with E-state index in [0.717, 1.165) is 10.7 Å². The van der Waals surface area contributed by atoms with Crippen LogP contribution in [0.3, 0.4) is 0 Å². The summed E-state index contributed by atoms with van der Waals surface area (Å²) in [5, 5.41) is 20.6. The third kappa shape index (κ3) is 4.34. The second-order valence-corrected chi connectivity index (χ2v) is 7.82. The number of fused-ring (bicyclic) bond motifs is 1. The summed E-state index contributed by atoms with van der Waals surface area (Å²) < 4.78 is 6.17. The molecule has 0 bridgehead atoms. The van der Waals surface area contributed by atoms with Gasteiger partial charge in [-0.1, -0.05) is 6.07 Å². The highest BCUT2D eigenvalue weighted by molar-refractivity contribution is 7.10. The largest absolute Gasteiger partial charge is 0.469 e. The SMILES string of the molecule is COC(=O)CC(NC(=O)C1CCN(c2ccc3nnnn3n2)CC1)c1cccs1. The quantitative estimate of drug-likeness (QED) is 0.598. The number of carbonyl (C=O) groups excluding carboxylic acids is 2. The maximum atomic E-state index is 12.8. The van der Waals surface area contributed by atoms with Gasteiger partial charge in [-0.2, -0.15) is 0 Å². The van der Waals surface area contributed by atoms with Crippen LogP contribution in [0.4, 0.5) is 5.82 Å². The molecular weight excluding hydrogens is 394 g/mol. The van der Waals surface area contributed by atoms with Crippen molar-refractivity contribution < 1.29 is 14.3 Å². The second kappa shape index (κ2) is 8.52. The van der Waals surface area contributed by atoms with Gasteiger partial charge in [0.15, 0.2) is 11.5 Å². The number of nitrogens with one attached hydrogen (secondary N) is 1. The van der Waals surface area contributed by atoms with E-state index in [9.17, 15) is 9.59 Å². The van der Waals surface area contributed by atoms with Gasteiger partial charge in [-0.05, 0) is 46.8 Å². The number of thiophene rings is 1. The average Bonchev–Trinajstić information content (AvgIpc) is 3.44. The van der Waals surface area contributed by atoms with Crippen LogP contribution >= 0.6 is 11.3 Å². The molecule has 29 heavy (non-hydrogen) atoms. The Hall–Kier alpha value is -3.08. The zero-order chi connectivity index (χ0) is 20.2. The van der Waals surface area contributed by atoms with Crippen LogP contribution in [0.25, 0.3) is 5.65 Å². The number of nitrogens with zero attached hydrogens (tertiary/aromatic N) is 6. The molecule has 1 fully saturated rings. The van der Waals surface area contributed by atoms with Crippen LogP contribution in [0.15, 0.2) is 29.6 Å². The van der Waals surface area contributed by atoms with E-state index in [2.05, 4.69) is 30.8 Å². The summed E-state index contributed by atoms with van der Waals surface area (Å²) in [7, 11) is 1.35. The molecule has 0 saturated carbocycles. The van der Waals surface area contributed by atoms with E-state index < -0.39 is 0 Å². The molecule has 1 amide bonds. The van der Waals surface area contributed by atoms with Crippen LogP contribution in [0.2, 0.25) is 0 Å². The first-order valence-corrected chi connectivity index (χ1v) is 10.2. The number of esters is 1. The molecule has 1 saturated heterocycles. The smallest absolute Gasteiger partial charge is 0.307 e. The highest BCUT2D eigenvalue weighted by Gasteiger charge is 2.29. The number of amides is 1. The fraction of sp³-hybridized carbons (Fsp3) is 0.444. The summed E-state index contributed by atoms with van der Waals surface area (Å²) in [6.07, 6.45) is 1.53. The Kier molecular flexibility index (Phi) is 5.65. The van der Waals surface area contributed by atoms with Crippen molar-refractivity contribution in [1.29, 1.82) is 0 Å². The number of hydrogen-bond donors (Lipinski definition) is 1. The summed E-state index contributed by atoms with van der Waals surface area (Å²) >= 11 is 1.51. The number of tetrazole rings is 1. The van der Waals surface area contributed by atoms with Crippen LogP contribution in [-0.2, 0) is 14.3 Å². The molecule has 4 heterocycles. The van der Waals surface area contributed by atoms with Gasteiger partial charge in [-0.15, -0.1) is 26.2 Å². The van der Waals surface area contributed by atoms with Gasteiger partial charge in [-0.25, -0.2) is 0 Å². The number of rotatable bonds is 6. The predicted molar refractivity (Wildman–Crippen MR) is 105 cm³/mol. The molecule has 3 aromatic rings. The first-order valence-electron chi connectivity index (χ1n) is 9.35. The number of carbonyl (C=O) groups is 2. The summed E-state index contributed by atoms with van der Waals surface area (Å²) in [4.78, 5) is 27.6. The number of anilines is 1. The van der Waals surface area contributed by atoms with Crippen molar-refractivity contribution >= 4 is 34.7 Å². The first-order chi connectivity index (χ1) is 14.1. The lowest BCUT2D eigenvalue weighted by Crippen LogP contribution is -2.42. The minimum Gasteiger partial charge on any atom is -0.469 e. The summed E-state index contributed by atoms with van der Waals surface area (Å²) in [6.45, 7) is 1.42. The molecule has 10 nitrogen and oxygen atoms in total. The van der Waals surface area contributed by atoms with Gasteiger partial charge in [-0.3, -0.25) is 9.59 Å². The van der Waals surface area contributed by atoms with Crippen molar-refractivity contribution in [2.24, 2.45) is 5.92 Å². The minimum absolute atomic E-state index is 0.0316. The summed E-state index contributed by atoms with van der Waals surface area (Å²) in [6, 6.07) is 7.16. The number of hydrogen-bond acceptors (Lipinski definition) is 9. The Bertz CT molecular complexity index is 982. The van der Waals surface area contributed by atoms with Gasteiger partial charge in [0.2, 0.25) is 5.91 Å². The highest BCUT2D eigenvalue weighted by atomic mass is 32.1. The molecule has 1 N–H and O–H groups in total. The Morgan fingerprint density at radius 1 is 1.31 bits per heavy atom. The lowest BCUT2D eigenvalue weighted by atomic mass is 9.95. The van der Waals surface area contributed by atoms with Crippen molar-refractivity contribution in [1.82, 2.24) is 30.6 Å². The standard InChI is InChI=1S/C18H21N7O3S/c1-28-17(26)11-13(14-3-2-10-29-14)19-18(27)12-6-8-24(9-7-12)16-5-4-15-20-22-23-25(15)21-16/h2-5,10,12-13H,6-9,11H2,1H3,(H,19,27). The molecule has 4 rings (SSSR count). The average molecular weight is 415 g/mol. The van der Waals surface area contributed by atoms with Crippen molar-refractivity contribution in [2.45, 2.75) is 25.3 Å². The van der Waals surface area contributed by atoms with Gasteiger partial charge in [0, 0.05) is 23.9 Å². The van der Waals surface area contributed by atoms with E-state index in [-0.39, 0.29) is 30.3 Å². The Labute approximate surface area is 170 Å². The highest BCUT2D eigenvalue weighted by Crippen LogP contribution is 2.26. The maximum Gasteiger partial charge on any atom is 0.307 e. The molecule has 0 spiro atoms. The van der Waals surface area contributed by atoms with E-state index in [1.54, 1.807) is 0 Å². The molecule has 1 aliphatic rings. The second-order valence-electron chi connectivity index (χ2n) is 6.84. The normalized spacial score (nSPS) is 16.0. The molecule has 0 aliphatic carbocycles. The topological polar surface area (TPSA) is 115 Å². The number of piperidine rings is 1. The zero-order valence-corrected chi connectivity index (χ0v) is 16.7. The van der Waals surface area contributed by atoms with Gasteiger partial charge in [0.25, 0.3) is 0 Å². The van der Waals surface area contributed by atoms with Gasteiger partial charge in [0.1, 0.15) is 0 Å². The predicted octanol–water partition coefficient (Wildman–Crippen LogP) is 1.22. The van der Waals surface area contributed by atoms with E-state index in [1.165, 1.54) is 23.1 Å². The van der Waals surface area contributed by atoms with Crippen molar-refractivity contribution in [3.63, 3.8) is 0 Å². The van der Waals surface area contributed by atoms with E-state index in [0.29, 0.717) is 31.6 Å². The van der Waals surface area contributed by atoms with Crippen molar-refractivity contribution in [3.05, 3.63) is 34.5 Å².